The number of nitrogens with two attached hydrogens (primary N) is 1. The van der Waals surface area contributed by atoms with Gasteiger partial charge in [-0.25, -0.2) is 19.7 Å². The second-order valence-corrected chi connectivity index (χ2v) is 6.20. The number of nitrogen functional groups attached to an aromatic ring is 1. The highest BCUT2D eigenvalue weighted by atomic mass is 79.9. The summed E-state index contributed by atoms with van der Waals surface area (Å²) in [5.74, 6) is 1.61. The molecule has 8 nitrogen and oxygen atoms in total. The van der Waals surface area contributed by atoms with Crippen LogP contribution in [0.1, 0.15) is 19.3 Å². The Bertz CT molecular complexity index is 652. The molecule has 1 fully saturated rings. The van der Waals surface area contributed by atoms with Gasteiger partial charge in [-0.2, -0.15) is 0 Å². The molecule has 118 valence electrons. The van der Waals surface area contributed by atoms with Crippen molar-refractivity contribution in [3.8, 4) is 11.5 Å². The normalized spacial score (nSPS) is 16.3. The fraction of sp³-hybridized carbons (Fsp3) is 0.538. The van der Waals surface area contributed by atoms with E-state index in [-0.39, 0.29) is 0 Å². The van der Waals surface area contributed by atoms with E-state index in [4.69, 9.17) is 10.8 Å². The van der Waals surface area contributed by atoms with E-state index in [0.717, 1.165) is 31.6 Å². The standard InChI is InChI=1S/C13H17BrN6O2/c14-12-17-9-10(15)16-7-20(11(9)18-12)6-3-8-1-4-19(5-2-8)13(21)22/h7-8H,1-6,15H2,(H,21,22). The Morgan fingerprint density at radius 2 is 2.14 bits per heavy atom. The number of carboxylic acid groups (broad SMARTS) is 1. The van der Waals surface area contributed by atoms with Gasteiger partial charge in [-0.3, -0.25) is 0 Å². The monoisotopic (exact) mass is 368 g/mol. The van der Waals surface area contributed by atoms with E-state index in [1.165, 1.54) is 4.90 Å². The van der Waals surface area contributed by atoms with Gasteiger partial charge in [0.1, 0.15) is 0 Å². The molecule has 0 atom stereocenters. The van der Waals surface area contributed by atoms with Gasteiger partial charge < -0.3 is 20.3 Å². The highest BCUT2D eigenvalue weighted by Gasteiger charge is 2.23. The quantitative estimate of drug-likeness (QED) is 0.800. The van der Waals surface area contributed by atoms with Gasteiger partial charge in [0, 0.05) is 19.6 Å². The van der Waals surface area contributed by atoms with Gasteiger partial charge in [0.25, 0.3) is 0 Å². The molecule has 1 amide bonds. The van der Waals surface area contributed by atoms with Gasteiger partial charge in [-0.15, -0.1) is 0 Å². The lowest BCUT2D eigenvalue weighted by Gasteiger charge is -2.30. The molecular weight excluding hydrogens is 352 g/mol. The molecular formula is C13H17BrN6O2. The molecule has 3 aliphatic heterocycles. The van der Waals surface area contributed by atoms with Crippen molar-refractivity contribution in [3.05, 3.63) is 11.1 Å². The predicted molar refractivity (Wildman–Crippen MR) is 83.5 cm³/mol. The summed E-state index contributed by atoms with van der Waals surface area (Å²) < 4.78 is 2.46. The van der Waals surface area contributed by atoms with Crippen molar-refractivity contribution in [2.24, 2.45) is 5.92 Å². The van der Waals surface area contributed by atoms with Gasteiger partial charge in [-0.05, 0) is 41.1 Å². The first kappa shape index (κ1) is 15.0. The Kier molecular flexibility index (Phi) is 4.14. The summed E-state index contributed by atoms with van der Waals surface area (Å²) in [6.45, 7) is 2.00. The Morgan fingerprint density at radius 1 is 1.41 bits per heavy atom. The molecule has 0 aromatic heterocycles. The number of rotatable bonds is 3. The van der Waals surface area contributed by atoms with Gasteiger partial charge in [0.05, 0.1) is 6.33 Å². The third kappa shape index (κ3) is 2.99. The van der Waals surface area contributed by atoms with E-state index in [1.54, 1.807) is 6.33 Å². The Morgan fingerprint density at radius 3 is 2.82 bits per heavy atom. The fourth-order valence-corrected chi connectivity index (χ4v) is 3.17. The second kappa shape index (κ2) is 6.07. The van der Waals surface area contributed by atoms with Crippen LogP contribution in [-0.2, 0) is 6.54 Å². The lowest BCUT2D eigenvalue weighted by Crippen LogP contribution is -2.37. The first-order valence-electron chi connectivity index (χ1n) is 7.16. The second-order valence-electron chi connectivity index (χ2n) is 5.49. The molecule has 0 bridgehead atoms. The van der Waals surface area contributed by atoms with E-state index in [1.807, 2.05) is 4.57 Å². The first-order chi connectivity index (χ1) is 10.5. The molecule has 0 aliphatic carbocycles. The number of anilines is 1. The fourth-order valence-electron chi connectivity index (χ4n) is 2.83. The van der Waals surface area contributed by atoms with Crippen molar-refractivity contribution in [2.75, 3.05) is 18.8 Å². The first-order valence-corrected chi connectivity index (χ1v) is 7.95. The van der Waals surface area contributed by atoms with Crippen LogP contribution in [0.2, 0.25) is 0 Å². The number of imidazole rings is 1. The minimum atomic E-state index is -0.825. The van der Waals surface area contributed by atoms with Gasteiger partial charge in [0.15, 0.2) is 22.1 Å². The van der Waals surface area contributed by atoms with Gasteiger partial charge in [-0.1, -0.05) is 0 Å². The Hall–Kier alpha value is -1.90. The lowest BCUT2D eigenvalue weighted by atomic mass is 9.94. The van der Waals surface area contributed by atoms with Crippen LogP contribution in [0.25, 0.3) is 11.5 Å². The molecule has 0 saturated carbocycles. The van der Waals surface area contributed by atoms with Crippen molar-refractivity contribution >= 4 is 27.8 Å². The number of hydrogen-bond donors (Lipinski definition) is 2. The zero-order valence-electron chi connectivity index (χ0n) is 11.9. The van der Waals surface area contributed by atoms with E-state index < -0.39 is 6.09 Å². The minimum absolute atomic E-state index is 0.374. The molecule has 22 heavy (non-hydrogen) atoms. The number of piperidine rings is 1. The molecule has 3 aliphatic rings. The highest BCUT2D eigenvalue weighted by molar-refractivity contribution is 9.10. The summed E-state index contributed by atoms with van der Waals surface area (Å²) in [4.78, 5) is 25.1. The Balaban J connectivity index is 1.63. The van der Waals surface area contributed by atoms with Gasteiger partial charge in [0.2, 0.25) is 0 Å². The molecule has 1 saturated heterocycles. The number of aromatic nitrogens is 4. The van der Waals surface area contributed by atoms with Crippen LogP contribution in [0.15, 0.2) is 11.1 Å². The molecule has 3 heterocycles. The van der Waals surface area contributed by atoms with Crippen LogP contribution in [0.4, 0.5) is 10.6 Å². The molecule has 0 radical (unpaired) electrons. The molecule has 9 heteroatoms. The summed E-state index contributed by atoms with van der Waals surface area (Å²) >= 11 is 3.26. The minimum Gasteiger partial charge on any atom is -0.465 e. The molecule has 0 unspecified atom stereocenters. The number of likely N-dealkylation sites (tertiary alicyclic amines) is 1. The maximum absolute atomic E-state index is 10.9. The van der Waals surface area contributed by atoms with Crippen molar-refractivity contribution in [1.29, 1.82) is 0 Å². The van der Waals surface area contributed by atoms with Crippen LogP contribution >= 0.6 is 15.9 Å². The number of hydrogen-bond acceptors (Lipinski definition) is 5. The van der Waals surface area contributed by atoms with Crippen molar-refractivity contribution in [1.82, 2.24) is 24.4 Å². The average molecular weight is 369 g/mol. The molecule has 0 aromatic rings. The maximum Gasteiger partial charge on any atom is 0.407 e. The van der Waals surface area contributed by atoms with E-state index >= 15 is 0 Å². The van der Waals surface area contributed by atoms with Crippen LogP contribution < -0.4 is 5.73 Å². The lowest BCUT2D eigenvalue weighted by molar-refractivity contribution is 0.122. The molecule has 3 N–H and O–H groups in total. The topological polar surface area (TPSA) is 110 Å². The van der Waals surface area contributed by atoms with Crippen LogP contribution in [0, 0.1) is 5.92 Å². The summed E-state index contributed by atoms with van der Waals surface area (Å²) in [5, 5.41) is 8.96. The van der Waals surface area contributed by atoms with Crippen LogP contribution in [0.3, 0.4) is 0 Å². The number of amides is 1. The molecule has 0 aromatic carbocycles. The number of nitrogens with zero attached hydrogens (tertiary/aromatic N) is 5. The summed E-state index contributed by atoms with van der Waals surface area (Å²) in [6, 6.07) is 0. The van der Waals surface area contributed by atoms with Crippen molar-refractivity contribution in [3.63, 3.8) is 0 Å². The highest BCUT2D eigenvalue weighted by Crippen LogP contribution is 2.27. The third-order valence-corrected chi connectivity index (χ3v) is 4.48. The number of carbonyl (C=O) groups is 1. The largest absolute Gasteiger partial charge is 0.465 e. The van der Waals surface area contributed by atoms with E-state index in [0.29, 0.717) is 35.3 Å². The predicted octanol–water partition coefficient (Wildman–Crippen LogP) is 1.90. The van der Waals surface area contributed by atoms with Crippen molar-refractivity contribution in [2.45, 2.75) is 25.8 Å². The van der Waals surface area contributed by atoms with Crippen molar-refractivity contribution < 1.29 is 9.90 Å². The molecule has 3 rings (SSSR count). The number of aryl methyl sites for hydroxylation is 1. The summed E-state index contributed by atoms with van der Waals surface area (Å²) in [7, 11) is 0. The van der Waals surface area contributed by atoms with E-state index in [2.05, 4.69) is 30.9 Å². The molecule has 0 spiro atoms. The Labute approximate surface area is 135 Å². The number of halogens is 1. The van der Waals surface area contributed by atoms with Crippen LogP contribution in [-0.4, -0.2) is 48.7 Å². The van der Waals surface area contributed by atoms with Gasteiger partial charge >= 0.3 is 6.09 Å². The average Bonchev–Trinajstić information content (AvgIpc) is 2.90. The zero-order chi connectivity index (χ0) is 15.7. The SMILES string of the molecule is Nc1ncn(CCC2CCN(C(=O)O)CC2)c2nc(Br)nc1-2. The number of fused-ring (bicyclic) bond motifs is 1. The third-order valence-electron chi connectivity index (χ3n) is 4.13. The zero-order valence-corrected chi connectivity index (χ0v) is 13.5. The maximum atomic E-state index is 10.9. The summed E-state index contributed by atoms with van der Waals surface area (Å²) in [5.41, 5.74) is 6.42. The summed E-state index contributed by atoms with van der Waals surface area (Å²) in [6.07, 6.45) is 3.62. The van der Waals surface area contributed by atoms with E-state index in [9.17, 15) is 4.79 Å². The van der Waals surface area contributed by atoms with Crippen LogP contribution in [0.5, 0.6) is 0 Å². The smallest absolute Gasteiger partial charge is 0.407 e.